The summed E-state index contributed by atoms with van der Waals surface area (Å²) in [6, 6.07) is 7.36. The molecule has 1 unspecified atom stereocenters. The van der Waals surface area contributed by atoms with Crippen molar-refractivity contribution >= 4 is 0 Å². The van der Waals surface area contributed by atoms with E-state index in [9.17, 15) is 4.39 Å². The van der Waals surface area contributed by atoms with Crippen LogP contribution in [0.3, 0.4) is 0 Å². The molecule has 3 nitrogen and oxygen atoms in total. The number of nitrogens with two attached hydrogens (primary N) is 1. The Balaban J connectivity index is 2.10. The lowest BCUT2D eigenvalue weighted by Gasteiger charge is -2.41. The molecule has 0 spiro atoms. The topological polar surface area (TPSA) is 38.5 Å². The summed E-state index contributed by atoms with van der Waals surface area (Å²) >= 11 is 0. The van der Waals surface area contributed by atoms with Crippen molar-refractivity contribution in [1.29, 1.82) is 0 Å². The fourth-order valence-electron chi connectivity index (χ4n) is 2.80. The molecule has 20 heavy (non-hydrogen) atoms. The molecule has 2 rings (SSSR count). The molecule has 1 aliphatic rings. The smallest absolute Gasteiger partial charge is 0.123 e. The molecule has 112 valence electrons. The normalized spacial score (nSPS) is 18.2. The van der Waals surface area contributed by atoms with Crippen molar-refractivity contribution in [3.8, 4) is 0 Å². The number of rotatable bonds is 8. The summed E-state index contributed by atoms with van der Waals surface area (Å²) in [6.07, 6.45) is 3.31. The summed E-state index contributed by atoms with van der Waals surface area (Å²) in [7, 11) is 1.73. The predicted octanol–water partition coefficient (Wildman–Crippen LogP) is 2.20. The second-order valence-electron chi connectivity index (χ2n) is 5.92. The molecule has 0 amide bonds. The van der Waals surface area contributed by atoms with E-state index >= 15 is 0 Å². The molecular weight excluding hydrogens is 255 g/mol. The molecule has 0 bridgehead atoms. The lowest BCUT2D eigenvalue weighted by atomic mass is 9.90. The van der Waals surface area contributed by atoms with E-state index in [0.29, 0.717) is 12.6 Å². The van der Waals surface area contributed by atoms with Gasteiger partial charge in [-0.25, -0.2) is 4.39 Å². The van der Waals surface area contributed by atoms with E-state index in [1.807, 2.05) is 12.1 Å². The zero-order chi connectivity index (χ0) is 14.6. The van der Waals surface area contributed by atoms with Crippen LogP contribution in [0.15, 0.2) is 24.3 Å². The van der Waals surface area contributed by atoms with Gasteiger partial charge >= 0.3 is 0 Å². The standard InChI is InChI=1S/C16H25FN2O/c1-16(12-18,11-13-3-5-14(17)6-4-13)19(9-10-20-2)15-7-8-15/h3-6,15H,7-12,18H2,1-2H3. The fraction of sp³-hybridized carbons (Fsp3) is 0.625. The van der Waals surface area contributed by atoms with Crippen LogP contribution in [-0.4, -0.2) is 43.3 Å². The molecule has 0 heterocycles. The van der Waals surface area contributed by atoms with Crippen LogP contribution in [0.1, 0.15) is 25.3 Å². The van der Waals surface area contributed by atoms with Crippen molar-refractivity contribution in [1.82, 2.24) is 4.90 Å². The zero-order valence-electron chi connectivity index (χ0n) is 12.4. The van der Waals surface area contributed by atoms with Gasteiger partial charge in [0, 0.05) is 31.8 Å². The van der Waals surface area contributed by atoms with E-state index < -0.39 is 0 Å². The fourth-order valence-corrected chi connectivity index (χ4v) is 2.80. The second-order valence-corrected chi connectivity index (χ2v) is 5.92. The SMILES string of the molecule is COCCN(C1CC1)C(C)(CN)Cc1ccc(F)cc1. The molecule has 1 aromatic rings. The van der Waals surface area contributed by atoms with Crippen molar-refractivity contribution in [2.45, 2.75) is 37.8 Å². The molecule has 1 saturated carbocycles. The number of methoxy groups -OCH3 is 1. The first-order valence-electron chi connectivity index (χ1n) is 7.29. The number of hydrogen-bond acceptors (Lipinski definition) is 3. The van der Waals surface area contributed by atoms with Crippen LogP contribution >= 0.6 is 0 Å². The maximum absolute atomic E-state index is 13.0. The van der Waals surface area contributed by atoms with Crippen LogP contribution in [0.5, 0.6) is 0 Å². The monoisotopic (exact) mass is 280 g/mol. The van der Waals surface area contributed by atoms with Crippen LogP contribution in [0.4, 0.5) is 4.39 Å². The molecule has 4 heteroatoms. The zero-order valence-corrected chi connectivity index (χ0v) is 12.4. The Morgan fingerprint density at radius 3 is 2.50 bits per heavy atom. The first-order valence-corrected chi connectivity index (χ1v) is 7.29. The minimum Gasteiger partial charge on any atom is -0.383 e. The number of ether oxygens (including phenoxy) is 1. The Morgan fingerprint density at radius 1 is 1.35 bits per heavy atom. The molecule has 1 aromatic carbocycles. The van der Waals surface area contributed by atoms with E-state index in [2.05, 4.69) is 11.8 Å². The van der Waals surface area contributed by atoms with Gasteiger partial charge in [-0.15, -0.1) is 0 Å². The molecule has 2 N–H and O–H groups in total. The lowest BCUT2D eigenvalue weighted by molar-refractivity contribution is 0.0635. The van der Waals surface area contributed by atoms with Crippen LogP contribution in [-0.2, 0) is 11.2 Å². The highest BCUT2D eigenvalue weighted by Crippen LogP contribution is 2.34. The van der Waals surface area contributed by atoms with Gasteiger partial charge in [0.2, 0.25) is 0 Å². The van der Waals surface area contributed by atoms with Gasteiger partial charge < -0.3 is 10.5 Å². The highest BCUT2D eigenvalue weighted by Gasteiger charge is 2.40. The van der Waals surface area contributed by atoms with Gasteiger partial charge in [-0.3, -0.25) is 4.90 Å². The van der Waals surface area contributed by atoms with Gasteiger partial charge in [-0.05, 0) is 43.9 Å². The van der Waals surface area contributed by atoms with E-state index in [0.717, 1.165) is 25.1 Å². The van der Waals surface area contributed by atoms with E-state index in [1.54, 1.807) is 7.11 Å². The molecule has 0 saturated heterocycles. The maximum atomic E-state index is 13.0. The first-order chi connectivity index (χ1) is 9.59. The third kappa shape index (κ3) is 3.78. The van der Waals surface area contributed by atoms with Gasteiger partial charge in [0.05, 0.1) is 6.61 Å². The van der Waals surface area contributed by atoms with Gasteiger partial charge in [-0.1, -0.05) is 12.1 Å². The third-order valence-corrected chi connectivity index (χ3v) is 4.16. The first kappa shape index (κ1) is 15.4. The highest BCUT2D eigenvalue weighted by molar-refractivity contribution is 5.19. The minimum atomic E-state index is -0.193. The average Bonchev–Trinajstić information content (AvgIpc) is 3.26. The van der Waals surface area contributed by atoms with Crippen molar-refractivity contribution in [2.24, 2.45) is 5.73 Å². The van der Waals surface area contributed by atoms with Crippen LogP contribution in [0.2, 0.25) is 0 Å². The van der Waals surface area contributed by atoms with Gasteiger partial charge in [-0.2, -0.15) is 0 Å². The Bertz CT molecular complexity index is 419. The highest BCUT2D eigenvalue weighted by atomic mass is 19.1. The van der Waals surface area contributed by atoms with Gasteiger partial charge in [0.15, 0.2) is 0 Å². The largest absolute Gasteiger partial charge is 0.383 e. The lowest BCUT2D eigenvalue weighted by Crippen LogP contribution is -2.55. The molecular formula is C16H25FN2O. The predicted molar refractivity (Wildman–Crippen MR) is 79.2 cm³/mol. The van der Waals surface area contributed by atoms with Crippen molar-refractivity contribution in [3.63, 3.8) is 0 Å². The number of hydrogen-bond donors (Lipinski definition) is 1. The quantitative estimate of drug-likeness (QED) is 0.793. The van der Waals surface area contributed by atoms with Crippen molar-refractivity contribution < 1.29 is 9.13 Å². The molecule has 0 aliphatic heterocycles. The number of nitrogens with zero attached hydrogens (tertiary/aromatic N) is 1. The minimum absolute atomic E-state index is 0.0997. The summed E-state index contributed by atoms with van der Waals surface area (Å²) < 4.78 is 18.2. The summed E-state index contributed by atoms with van der Waals surface area (Å²) in [4.78, 5) is 2.47. The van der Waals surface area contributed by atoms with E-state index in [4.69, 9.17) is 10.5 Å². The Kier molecular flexibility index (Phi) is 5.13. The van der Waals surface area contributed by atoms with Crippen LogP contribution in [0, 0.1) is 5.82 Å². The summed E-state index contributed by atoms with van der Waals surface area (Å²) in [5.74, 6) is -0.193. The van der Waals surface area contributed by atoms with Crippen molar-refractivity contribution in [3.05, 3.63) is 35.6 Å². The van der Waals surface area contributed by atoms with E-state index in [-0.39, 0.29) is 11.4 Å². The van der Waals surface area contributed by atoms with E-state index in [1.165, 1.54) is 25.0 Å². The van der Waals surface area contributed by atoms with Gasteiger partial charge in [0.1, 0.15) is 5.82 Å². The number of benzene rings is 1. The van der Waals surface area contributed by atoms with Gasteiger partial charge in [0.25, 0.3) is 0 Å². The molecule has 1 aliphatic carbocycles. The maximum Gasteiger partial charge on any atom is 0.123 e. The molecule has 1 atom stereocenters. The van der Waals surface area contributed by atoms with Crippen molar-refractivity contribution in [2.75, 3.05) is 26.8 Å². The van der Waals surface area contributed by atoms with Crippen LogP contribution < -0.4 is 5.73 Å². The van der Waals surface area contributed by atoms with Crippen LogP contribution in [0.25, 0.3) is 0 Å². The summed E-state index contributed by atoms with van der Waals surface area (Å²) in [5.41, 5.74) is 7.09. The second kappa shape index (κ2) is 6.66. The average molecular weight is 280 g/mol. The Labute approximate surface area is 120 Å². The molecule has 0 radical (unpaired) electrons. The Hall–Kier alpha value is -0.970. The summed E-state index contributed by atoms with van der Waals surface area (Å²) in [6.45, 7) is 4.40. The molecule has 1 fully saturated rings. The third-order valence-electron chi connectivity index (χ3n) is 4.16. The summed E-state index contributed by atoms with van der Waals surface area (Å²) in [5, 5.41) is 0. The number of halogens is 1. The Morgan fingerprint density at radius 2 is 2.00 bits per heavy atom. The molecule has 0 aromatic heterocycles.